The Morgan fingerprint density at radius 2 is 1.87 bits per heavy atom. The van der Waals surface area contributed by atoms with Gasteiger partial charge in [0.25, 0.3) is 0 Å². The number of carbonyl (C=O) groups excluding carboxylic acids is 2. The van der Waals surface area contributed by atoms with Crippen LogP contribution in [0.3, 0.4) is 0 Å². The standard InChI is InChI=1S/C29H36O9/c1-17-7-10-27-15-34-24(32)13-19-8-11-35-28(18(2)30,25(19)33)9-5-4-6-23(31)38-20-14-22(37-21(27)12-17)29(16-36-29)26(20,27)3/h4-6,9,12-13,18,20-22,25,30,33H,7-8,10-11,14-16H2,1-3H3/b6-4-,9-5+,19-13+/t18-,20+,21+,22+,25+,26+,27+,28+,29-/m0/s1. The predicted molar refractivity (Wildman–Crippen MR) is 134 cm³/mol. The molecule has 2 spiro atoms. The molecule has 0 unspecified atom stereocenters. The van der Waals surface area contributed by atoms with E-state index in [0.717, 1.165) is 6.42 Å². The number of aliphatic hydroxyl groups excluding tert-OH is 2. The number of hydrogen-bond donors (Lipinski definition) is 2. The van der Waals surface area contributed by atoms with Gasteiger partial charge < -0.3 is 33.9 Å². The molecule has 9 atom stereocenters. The summed E-state index contributed by atoms with van der Waals surface area (Å²) < 4.78 is 30.6. The Kier molecular flexibility index (Phi) is 6.05. The molecule has 6 rings (SSSR count). The van der Waals surface area contributed by atoms with Gasteiger partial charge in [0.1, 0.15) is 30.0 Å². The number of aliphatic hydroxyl groups is 2. The molecule has 38 heavy (non-hydrogen) atoms. The van der Waals surface area contributed by atoms with Crippen LogP contribution in [0.4, 0.5) is 0 Å². The van der Waals surface area contributed by atoms with E-state index in [1.54, 1.807) is 6.08 Å². The van der Waals surface area contributed by atoms with Crippen molar-refractivity contribution in [2.24, 2.45) is 10.8 Å². The van der Waals surface area contributed by atoms with Gasteiger partial charge in [0.05, 0.1) is 36.9 Å². The lowest BCUT2D eigenvalue weighted by Crippen LogP contribution is -2.66. The molecule has 4 bridgehead atoms. The van der Waals surface area contributed by atoms with Crippen LogP contribution in [0.25, 0.3) is 0 Å². The number of cyclic esters (lactones) is 1. The van der Waals surface area contributed by atoms with Gasteiger partial charge in [-0.05, 0) is 44.8 Å². The quantitative estimate of drug-likeness (QED) is 0.299. The maximum Gasteiger partial charge on any atom is 0.331 e. The first-order chi connectivity index (χ1) is 18.1. The third-order valence-electron chi connectivity index (χ3n) is 10.1. The van der Waals surface area contributed by atoms with Crippen LogP contribution in [0.2, 0.25) is 0 Å². The van der Waals surface area contributed by atoms with Gasteiger partial charge in [-0.2, -0.15) is 0 Å². The number of esters is 2. The number of allylic oxidation sites excluding steroid dienone is 3. The van der Waals surface area contributed by atoms with Crippen molar-refractivity contribution in [1.82, 2.24) is 0 Å². The summed E-state index contributed by atoms with van der Waals surface area (Å²) >= 11 is 0. The molecule has 2 aliphatic carbocycles. The van der Waals surface area contributed by atoms with Crippen LogP contribution in [-0.2, 0) is 33.3 Å². The summed E-state index contributed by atoms with van der Waals surface area (Å²) in [4.78, 5) is 26.2. The second-order valence-corrected chi connectivity index (χ2v) is 11.8. The number of carbonyl (C=O) groups is 2. The molecule has 4 heterocycles. The molecule has 206 valence electrons. The normalized spacial score (nSPS) is 50.0. The molecule has 0 amide bonds. The number of fused-ring (bicyclic) bond motifs is 2. The smallest absolute Gasteiger partial charge is 0.331 e. The van der Waals surface area contributed by atoms with E-state index < -0.39 is 52.3 Å². The fraction of sp³-hybridized carbons (Fsp3) is 0.655. The Bertz CT molecular complexity index is 1150. The zero-order chi connectivity index (χ0) is 26.9. The average Bonchev–Trinajstić information content (AvgIpc) is 3.65. The molecule has 9 nitrogen and oxygen atoms in total. The van der Waals surface area contributed by atoms with E-state index in [1.807, 2.05) is 0 Å². The van der Waals surface area contributed by atoms with Crippen molar-refractivity contribution >= 4 is 11.9 Å². The number of ether oxygens (including phenoxy) is 5. The molecule has 1 saturated carbocycles. The highest BCUT2D eigenvalue weighted by Gasteiger charge is 2.83. The predicted octanol–water partition coefficient (Wildman–Crippen LogP) is 2.07. The van der Waals surface area contributed by atoms with E-state index in [9.17, 15) is 19.8 Å². The van der Waals surface area contributed by atoms with Gasteiger partial charge in [-0.15, -0.1) is 0 Å². The van der Waals surface area contributed by atoms with Gasteiger partial charge in [-0.25, -0.2) is 9.59 Å². The van der Waals surface area contributed by atoms with Crippen molar-refractivity contribution in [3.63, 3.8) is 0 Å². The third kappa shape index (κ3) is 3.48. The Balaban J connectivity index is 1.44. The summed E-state index contributed by atoms with van der Waals surface area (Å²) in [5, 5.41) is 21.7. The highest BCUT2D eigenvalue weighted by atomic mass is 16.6. The Morgan fingerprint density at radius 3 is 2.61 bits per heavy atom. The molecule has 4 aliphatic heterocycles. The third-order valence-corrected chi connectivity index (χ3v) is 10.1. The second kappa shape index (κ2) is 8.86. The van der Waals surface area contributed by atoms with Gasteiger partial charge in [0.15, 0.2) is 0 Å². The molecule has 3 saturated heterocycles. The van der Waals surface area contributed by atoms with Crippen LogP contribution in [0.15, 0.2) is 47.6 Å². The maximum atomic E-state index is 13.2. The largest absolute Gasteiger partial charge is 0.462 e. The fourth-order valence-corrected chi connectivity index (χ4v) is 7.68. The first-order valence-corrected chi connectivity index (χ1v) is 13.5. The Labute approximate surface area is 222 Å². The summed E-state index contributed by atoms with van der Waals surface area (Å²) in [5.74, 6) is -1.10. The van der Waals surface area contributed by atoms with Gasteiger partial charge in [0.2, 0.25) is 0 Å². The maximum absolute atomic E-state index is 13.2. The van der Waals surface area contributed by atoms with Crippen LogP contribution >= 0.6 is 0 Å². The Hall–Kier alpha value is -2.30. The van der Waals surface area contributed by atoms with Crippen molar-refractivity contribution in [3.8, 4) is 0 Å². The van der Waals surface area contributed by atoms with Crippen molar-refractivity contribution in [3.05, 3.63) is 47.6 Å². The minimum Gasteiger partial charge on any atom is -0.462 e. The summed E-state index contributed by atoms with van der Waals surface area (Å²) in [6.45, 7) is 6.43. The lowest BCUT2D eigenvalue weighted by Gasteiger charge is -2.58. The molecule has 2 N–H and O–H groups in total. The van der Waals surface area contributed by atoms with Crippen LogP contribution in [0, 0.1) is 10.8 Å². The van der Waals surface area contributed by atoms with E-state index in [-0.39, 0.29) is 25.4 Å². The molecule has 0 aromatic heterocycles. The molecular formula is C29H36O9. The fourth-order valence-electron chi connectivity index (χ4n) is 7.68. The lowest BCUT2D eigenvalue weighted by molar-refractivity contribution is -0.232. The minimum absolute atomic E-state index is 0.0519. The SMILES string of the molecule is CC1=C[C@H]2O[C@@H]3C[C@H]4OC(=O)/C=C\C=C\[C@]5([C@H](C)O)OCC/C(=C\C(=O)OC[C@@]2(CC1)[C@]4(C)[C@]31CO1)[C@H]5O. The Morgan fingerprint density at radius 1 is 1.08 bits per heavy atom. The molecule has 0 aromatic rings. The average molecular weight is 529 g/mol. The number of epoxide rings is 1. The van der Waals surface area contributed by atoms with Crippen molar-refractivity contribution in [2.75, 3.05) is 19.8 Å². The molecule has 4 fully saturated rings. The van der Waals surface area contributed by atoms with E-state index in [4.69, 9.17) is 23.7 Å². The summed E-state index contributed by atoms with van der Waals surface area (Å²) in [7, 11) is 0. The summed E-state index contributed by atoms with van der Waals surface area (Å²) in [6, 6.07) is 0. The highest BCUT2D eigenvalue weighted by molar-refractivity contribution is 5.83. The van der Waals surface area contributed by atoms with E-state index in [2.05, 4.69) is 19.9 Å². The second-order valence-electron chi connectivity index (χ2n) is 11.8. The van der Waals surface area contributed by atoms with E-state index >= 15 is 0 Å². The zero-order valence-corrected chi connectivity index (χ0v) is 22.1. The zero-order valence-electron chi connectivity index (χ0n) is 22.1. The van der Waals surface area contributed by atoms with E-state index in [1.165, 1.54) is 36.8 Å². The van der Waals surface area contributed by atoms with Gasteiger partial charge in [0, 0.05) is 24.0 Å². The van der Waals surface area contributed by atoms with Crippen molar-refractivity contribution in [1.29, 1.82) is 0 Å². The van der Waals surface area contributed by atoms with Gasteiger partial charge in [-0.3, -0.25) is 0 Å². The minimum atomic E-state index is -1.47. The number of rotatable bonds is 1. The molecule has 6 aliphatic rings. The molecule has 9 heteroatoms. The molecular weight excluding hydrogens is 492 g/mol. The topological polar surface area (TPSA) is 124 Å². The van der Waals surface area contributed by atoms with Crippen molar-refractivity contribution in [2.45, 2.75) is 88.2 Å². The lowest BCUT2D eigenvalue weighted by atomic mass is 9.51. The van der Waals surface area contributed by atoms with Crippen LogP contribution in [0.5, 0.6) is 0 Å². The van der Waals surface area contributed by atoms with Gasteiger partial charge in [-0.1, -0.05) is 30.7 Å². The van der Waals surface area contributed by atoms with E-state index in [0.29, 0.717) is 31.4 Å². The summed E-state index contributed by atoms with van der Waals surface area (Å²) in [6.07, 6.45) is 8.21. The monoisotopic (exact) mass is 528 g/mol. The van der Waals surface area contributed by atoms with Crippen LogP contribution in [-0.4, -0.2) is 83.7 Å². The molecule has 0 radical (unpaired) electrons. The van der Waals surface area contributed by atoms with Crippen LogP contribution in [0.1, 0.15) is 46.5 Å². The first-order valence-electron chi connectivity index (χ1n) is 13.5. The van der Waals surface area contributed by atoms with Gasteiger partial charge >= 0.3 is 11.9 Å². The summed E-state index contributed by atoms with van der Waals surface area (Å²) in [5.41, 5.74) is -1.76. The first kappa shape index (κ1) is 26.0. The highest BCUT2D eigenvalue weighted by Crippen LogP contribution is 2.72. The number of hydrogen-bond acceptors (Lipinski definition) is 9. The van der Waals surface area contributed by atoms with Crippen molar-refractivity contribution < 1.29 is 43.5 Å². The molecule has 0 aromatic carbocycles. The van der Waals surface area contributed by atoms with Crippen LogP contribution < -0.4 is 0 Å².